The lowest BCUT2D eigenvalue weighted by atomic mass is 10.0. The normalized spacial score (nSPS) is 15.1. The lowest BCUT2D eigenvalue weighted by molar-refractivity contribution is -0.137. The van der Waals surface area contributed by atoms with E-state index in [0.717, 1.165) is 6.07 Å². The first-order valence-electron chi connectivity index (χ1n) is 10.6. The number of carbonyl (C=O) groups excluding carboxylic acids is 2. The van der Waals surface area contributed by atoms with Gasteiger partial charge in [0.2, 0.25) is 5.91 Å². The highest BCUT2D eigenvalue weighted by molar-refractivity contribution is 9.10. The quantitative estimate of drug-likeness (QED) is 0.241. The first-order chi connectivity index (χ1) is 17.3. The van der Waals surface area contributed by atoms with Crippen LogP contribution in [0, 0.1) is 0 Å². The van der Waals surface area contributed by atoms with Crippen LogP contribution in [0.2, 0.25) is 5.02 Å². The zero-order valence-corrected chi connectivity index (χ0v) is 21.2. The molecule has 0 fully saturated rings. The van der Waals surface area contributed by atoms with Gasteiger partial charge in [-0.25, -0.2) is 13.8 Å². The first-order valence-corrected chi connectivity index (χ1v) is 11.7. The van der Waals surface area contributed by atoms with E-state index in [1.807, 2.05) is 0 Å². The van der Waals surface area contributed by atoms with E-state index in [4.69, 9.17) is 11.6 Å². The molecule has 0 bridgehead atoms. The van der Waals surface area contributed by atoms with Crippen LogP contribution in [-0.2, 0) is 9.59 Å². The minimum absolute atomic E-state index is 0.0302. The number of aliphatic carboxylic acids is 1. The molecule has 7 N–H and O–H groups in total. The minimum Gasteiger partial charge on any atom is -0.508 e. The van der Waals surface area contributed by atoms with Crippen LogP contribution in [0.4, 0.5) is 14.5 Å². The summed E-state index contributed by atoms with van der Waals surface area (Å²) in [5.41, 5.74) is 0.173. The van der Waals surface area contributed by atoms with E-state index in [2.05, 4.69) is 42.2 Å². The largest absolute Gasteiger partial charge is 0.508 e. The number of carbonyl (C=O) groups is 3. The lowest BCUT2D eigenvalue weighted by Crippen LogP contribution is -2.46. The van der Waals surface area contributed by atoms with E-state index < -0.39 is 55.8 Å². The van der Waals surface area contributed by atoms with Gasteiger partial charge in [0, 0.05) is 27.9 Å². The molecule has 11 nitrogen and oxygen atoms in total. The third-order valence-corrected chi connectivity index (χ3v) is 5.80. The Labute approximate surface area is 222 Å². The molecular weight excluding hydrogens is 584 g/mol. The maximum atomic E-state index is 13.2. The molecule has 1 aliphatic heterocycles. The molecule has 2 aromatic carbocycles. The maximum Gasteiger partial charge on any atom is 0.305 e. The van der Waals surface area contributed by atoms with Gasteiger partial charge in [0.05, 0.1) is 30.0 Å². The number of hydrogen-bond acceptors (Lipinski definition) is 8. The number of halogens is 4. The summed E-state index contributed by atoms with van der Waals surface area (Å²) in [4.78, 5) is 40.0. The molecule has 3 rings (SSSR count). The van der Waals surface area contributed by atoms with Crippen LogP contribution in [0.1, 0.15) is 28.4 Å². The van der Waals surface area contributed by atoms with Gasteiger partial charge in [-0.1, -0.05) is 11.6 Å². The Balaban J connectivity index is 1.66. The molecule has 0 aromatic heterocycles. The van der Waals surface area contributed by atoms with E-state index in [9.17, 15) is 38.5 Å². The Morgan fingerprint density at radius 3 is 2.57 bits per heavy atom. The second kappa shape index (κ2) is 11.6. The van der Waals surface area contributed by atoms with Crippen LogP contribution in [0.25, 0.3) is 0 Å². The Hall–Kier alpha value is -3.65. The minimum atomic E-state index is -2.99. The molecule has 198 valence electrons. The van der Waals surface area contributed by atoms with Crippen molar-refractivity contribution in [1.29, 1.82) is 0 Å². The Morgan fingerprint density at radius 2 is 1.92 bits per heavy atom. The van der Waals surface area contributed by atoms with Gasteiger partial charge in [-0.15, -0.1) is 0 Å². The van der Waals surface area contributed by atoms with Gasteiger partial charge in [-0.05, 0) is 40.2 Å². The van der Waals surface area contributed by atoms with Gasteiger partial charge in [0.1, 0.15) is 18.0 Å². The molecule has 0 spiro atoms. The number of aromatic hydroxyl groups is 2. The summed E-state index contributed by atoms with van der Waals surface area (Å²) in [5, 5.41) is 39.5. The monoisotopic (exact) mass is 603 g/mol. The number of carboxylic acid groups (broad SMARTS) is 1. The zero-order valence-electron chi connectivity index (χ0n) is 18.8. The smallest absolute Gasteiger partial charge is 0.305 e. The molecule has 0 aliphatic carbocycles. The van der Waals surface area contributed by atoms with Crippen molar-refractivity contribution < 1.29 is 38.5 Å². The standard InChI is InChI=1S/C22H21BrClF2N5O6/c23-15-4-11(24)3-14(19(15)36)16(6-18(34)35)31-17(33)7-27-20(37)10-1-12(5-13(32)2-10)30-21-28-8-22(25,26)9-29-21/h1-5,16,32,36H,6-9H2,(H,27,37)(H,31,33)(H,34,35)(H2,28,29,30)/t16-/m1/s1. The van der Waals surface area contributed by atoms with Gasteiger partial charge in [-0.3, -0.25) is 14.4 Å². The molecule has 2 aromatic rings. The van der Waals surface area contributed by atoms with E-state index in [0.29, 0.717) is 0 Å². The molecule has 0 saturated carbocycles. The van der Waals surface area contributed by atoms with Crippen LogP contribution < -0.4 is 21.3 Å². The fraction of sp³-hybridized carbons (Fsp3) is 0.273. The van der Waals surface area contributed by atoms with Crippen molar-refractivity contribution in [3.63, 3.8) is 0 Å². The number of benzene rings is 2. The first kappa shape index (κ1) is 27.9. The number of phenolic OH excluding ortho intramolecular Hbond substituents is 2. The number of phenols is 2. The maximum absolute atomic E-state index is 13.2. The Morgan fingerprint density at radius 1 is 1.19 bits per heavy atom. The predicted molar refractivity (Wildman–Crippen MR) is 133 cm³/mol. The number of alkyl halides is 2. The molecule has 0 saturated heterocycles. The average Bonchev–Trinajstić information content (AvgIpc) is 2.80. The number of guanidine groups is 1. The second-order valence-corrected chi connectivity index (χ2v) is 9.28. The van der Waals surface area contributed by atoms with Crippen LogP contribution >= 0.6 is 27.5 Å². The summed E-state index contributed by atoms with van der Waals surface area (Å²) in [6.45, 7) is -1.93. The number of nitrogens with zero attached hydrogens (tertiary/aromatic N) is 1. The molecule has 0 radical (unpaired) electrons. The van der Waals surface area contributed by atoms with E-state index >= 15 is 0 Å². The number of rotatable bonds is 8. The van der Waals surface area contributed by atoms with E-state index in [1.165, 1.54) is 24.3 Å². The predicted octanol–water partition coefficient (Wildman–Crippen LogP) is 2.58. The van der Waals surface area contributed by atoms with Crippen molar-refractivity contribution >= 4 is 57.0 Å². The van der Waals surface area contributed by atoms with E-state index in [1.54, 1.807) is 0 Å². The van der Waals surface area contributed by atoms with Gasteiger partial charge in [-0.2, -0.15) is 0 Å². The van der Waals surface area contributed by atoms with Crippen LogP contribution in [0.3, 0.4) is 0 Å². The second-order valence-electron chi connectivity index (χ2n) is 7.99. The van der Waals surface area contributed by atoms with Gasteiger partial charge < -0.3 is 36.6 Å². The van der Waals surface area contributed by atoms with Gasteiger partial charge >= 0.3 is 5.97 Å². The number of aliphatic imine (C=N–C) groups is 1. The summed E-state index contributed by atoms with van der Waals surface area (Å²) in [7, 11) is 0. The number of nitrogens with one attached hydrogen (secondary N) is 4. The number of anilines is 1. The van der Waals surface area contributed by atoms with Crippen molar-refractivity contribution in [3.8, 4) is 11.5 Å². The topological polar surface area (TPSA) is 172 Å². The summed E-state index contributed by atoms with van der Waals surface area (Å²) < 4.78 is 26.6. The fourth-order valence-electron chi connectivity index (χ4n) is 3.33. The van der Waals surface area contributed by atoms with Crippen molar-refractivity contribution in [1.82, 2.24) is 16.0 Å². The Bertz CT molecular complexity index is 1260. The molecule has 2 amide bonds. The zero-order chi connectivity index (χ0) is 27.3. The highest BCUT2D eigenvalue weighted by atomic mass is 79.9. The average molecular weight is 605 g/mol. The number of amides is 2. The van der Waals surface area contributed by atoms with E-state index in [-0.39, 0.29) is 43.8 Å². The van der Waals surface area contributed by atoms with Crippen molar-refractivity contribution in [3.05, 3.63) is 51.0 Å². The SMILES string of the molecule is O=C(O)C[C@@H](NC(=O)CNC(=O)c1cc(O)cc(NC2=NCC(F)(F)CN2)c1)c1cc(Cl)cc(Br)c1O. The number of hydrogen-bond donors (Lipinski definition) is 7. The Kier molecular flexibility index (Phi) is 8.76. The highest BCUT2D eigenvalue weighted by Gasteiger charge is 2.32. The molecule has 0 unspecified atom stereocenters. The van der Waals surface area contributed by atoms with Gasteiger partial charge in [0.25, 0.3) is 11.8 Å². The van der Waals surface area contributed by atoms with Crippen molar-refractivity contribution in [2.75, 3.05) is 25.0 Å². The third kappa shape index (κ3) is 7.92. The summed E-state index contributed by atoms with van der Waals surface area (Å²) in [6.07, 6.45) is -0.578. The van der Waals surface area contributed by atoms with Gasteiger partial charge in [0.15, 0.2) is 5.96 Å². The fourth-order valence-corrected chi connectivity index (χ4v) is 4.16. The van der Waals surface area contributed by atoms with Crippen LogP contribution in [-0.4, -0.2) is 64.6 Å². The molecule has 1 atom stereocenters. The van der Waals surface area contributed by atoms with Crippen LogP contribution in [0.15, 0.2) is 39.8 Å². The third-order valence-electron chi connectivity index (χ3n) is 4.98. The van der Waals surface area contributed by atoms with Crippen molar-refractivity contribution in [2.24, 2.45) is 4.99 Å². The number of carboxylic acids is 1. The molecule has 1 aliphatic rings. The highest BCUT2D eigenvalue weighted by Crippen LogP contribution is 2.36. The molecule has 37 heavy (non-hydrogen) atoms. The molecule has 1 heterocycles. The molecule has 15 heteroatoms. The van der Waals surface area contributed by atoms with Crippen LogP contribution in [0.5, 0.6) is 11.5 Å². The summed E-state index contributed by atoms with van der Waals surface area (Å²) in [6, 6.07) is 5.21. The molecular formula is C22H21BrClF2N5O6. The summed E-state index contributed by atoms with van der Waals surface area (Å²) >= 11 is 9.08. The lowest BCUT2D eigenvalue weighted by Gasteiger charge is -2.23. The summed E-state index contributed by atoms with van der Waals surface area (Å²) in [5.74, 6) is -6.36. The van der Waals surface area contributed by atoms with Crippen molar-refractivity contribution in [2.45, 2.75) is 18.4 Å².